The summed E-state index contributed by atoms with van der Waals surface area (Å²) in [6.45, 7) is 0.693. The standard InChI is InChI=1S/C21H18ClNO2/c1-23(2)11-10-16-20(24)15-9-5-8-14-17(15)18(21(16)25)12-6-3-4-7-13(12)19(14)22/h3-9,16H,10-11H2,1-2H3. The lowest BCUT2D eigenvalue weighted by Gasteiger charge is -2.26. The molecule has 3 nitrogen and oxygen atoms in total. The van der Waals surface area contributed by atoms with Crippen molar-refractivity contribution in [3.8, 4) is 0 Å². The number of halogens is 1. The van der Waals surface area contributed by atoms with Crippen molar-refractivity contribution in [1.29, 1.82) is 0 Å². The van der Waals surface area contributed by atoms with Crippen molar-refractivity contribution in [2.75, 3.05) is 20.6 Å². The van der Waals surface area contributed by atoms with Crippen molar-refractivity contribution >= 4 is 44.7 Å². The Morgan fingerprint density at radius 3 is 2.32 bits per heavy atom. The molecule has 0 fully saturated rings. The van der Waals surface area contributed by atoms with Gasteiger partial charge in [-0.05, 0) is 32.4 Å². The molecule has 1 aliphatic rings. The van der Waals surface area contributed by atoms with E-state index in [1.165, 1.54) is 0 Å². The molecule has 4 heteroatoms. The smallest absolute Gasteiger partial charge is 0.175 e. The number of nitrogens with zero attached hydrogens (tertiary/aromatic N) is 1. The first-order valence-corrected chi connectivity index (χ1v) is 8.74. The van der Waals surface area contributed by atoms with E-state index in [-0.39, 0.29) is 11.6 Å². The lowest BCUT2D eigenvalue weighted by molar-refractivity contribution is 0.0789. The first kappa shape index (κ1) is 16.2. The van der Waals surface area contributed by atoms with Crippen LogP contribution in [0.3, 0.4) is 0 Å². The van der Waals surface area contributed by atoms with Crippen molar-refractivity contribution in [2.24, 2.45) is 5.92 Å². The van der Waals surface area contributed by atoms with Crippen LogP contribution >= 0.6 is 11.6 Å². The monoisotopic (exact) mass is 351 g/mol. The molecule has 0 saturated heterocycles. The van der Waals surface area contributed by atoms with Gasteiger partial charge in [0, 0.05) is 27.3 Å². The van der Waals surface area contributed by atoms with Gasteiger partial charge in [-0.15, -0.1) is 0 Å². The molecule has 3 aromatic carbocycles. The Labute approximate surface area is 151 Å². The van der Waals surface area contributed by atoms with Gasteiger partial charge >= 0.3 is 0 Å². The lowest BCUT2D eigenvalue weighted by atomic mass is 9.76. The molecule has 25 heavy (non-hydrogen) atoms. The van der Waals surface area contributed by atoms with Crippen LogP contribution in [0.15, 0.2) is 42.5 Å². The van der Waals surface area contributed by atoms with Crippen molar-refractivity contribution in [3.63, 3.8) is 0 Å². The summed E-state index contributed by atoms with van der Waals surface area (Å²) in [6.07, 6.45) is 0.525. The van der Waals surface area contributed by atoms with Crippen molar-refractivity contribution < 1.29 is 9.59 Å². The molecule has 0 aromatic heterocycles. The maximum absolute atomic E-state index is 13.3. The first-order chi connectivity index (χ1) is 12.0. The van der Waals surface area contributed by atoms with Crippen LogP contribution in [0.4, 0.5) is 0 Å². The Balaban J connectivity index is 2.06. The molecular weight excluding hydrogens is 334 g/mol. The average Bonchev–Trinajstić information content (AvgIpc) is 2.60. The minimum atomic E-state index is -0.620. The topological polar surface area (TPSA) is 37.4 Å². The van der Waals surface area contributed by atoms with E-state index in [1.54, 1.807) is 0 Å². The Kier molecular flexibility index (Phi) is 3.86. The van der Waals surface area contributed by atoms with E-state index in [0.717, 1.165) is 16.2 Å². The molecule has 4 rings (SSSR count). The number of hydrogen-bond acceptors (Lipinski definition) is 3. The van der Waals surface area contributed by atoms with Gasteiger partial charge in [0.05, 0.1) is 10.9 Å². The van der Waals surface area contributed by atoms with Crippen molar-refractivity contribution in [3.05, 3.63) is 58.6 Å². The number of Topliss-reactive ketones (excluding diaryl/α,β-unsaturated/α-hetero) is 2. The molecule has 0 saturated carbocycles. The van der Waals surface area contributed by atoms with Crippen LogP contribution in [0.1, 0.15) is 27.1 Å². The van der Waals surface area contributed by atoms with Crippen LogP contribution in [-0.4, -0.2) is 37.1 Å². The van der Waals surface area contributed by atoms with Gasteiger partial charge in [-0.3, -0.25) is 9.59 Å². The molecule has 0 N–H and O–H groups in total. The molecule has 1 aliphatic carbocycles. The molecule has 0 radical (unpaired) electrons. The number of rotatable bonds is 3. The van der Waals surface area contributed by atoms with Gasteiger partial charge in [-0.25, -0.2) is 0 Å². The quantitative estimate of drug-likeness (QED) is 0.511. The van der Waals surface area contributed by atoms with E-state index in [1.807, 2.05) is 61.5 Å². The lowest BCUT2D eigenvalue weighted by Crippen LogP contribution is -2.32. The molecule has 1 atom stereocenters. The van der Waals surface area contributed by atoms with E-state index in [4.69, 9.17) is 11.6 Å². The number of carbonyl (C=O) groups excluding carboxylic acids is 2. The molecule has 126 valence electrons. The second kappa shape index (κ2) is 5.94. The molecule has 3 aromatic rings. The van der Waals surface area contributed by atoms with Crippen LogP contribution in [0.2, 0.25) is 5.02 Å². The highest BCUT2D eigenvalue weighted by Gasteiger charge is 2.37. The van der Waals surface area contributed by atoms with E-state index in [0.29, 0.717) is 34.5 Å². The van der Waals surface area contributed by atoms with Crippen LogP contribution in [0.5, 0.6) is 0 Å². The summed E-state index contributed by atoms with van der Waals surface area (Å²) in [7, 11) is 3.89. The maximum Gasteiger partial charge on any atom is 0.175 e. The largest absolute Gasteiger partial charge is 0.309 e. The summed E-state index contributed by atoms with van der Waals surface area (Å²) in [4.78, 5) is 28.3. The molecular formula is C21H18ClNO2. The van der Waals surface area contributed by atoms with E-state index < -0.39 is 5.92 Å². The molecule has 0 aliphatic heterocycles. The predicted octanol–water partition coefficient (Wildman–Crippen LogP) is 4.59. The third-order valence-corrected chi connectivity index (χ3v) is 5.40. The summed E-state index contributed by atoms with van der Waals surface area (Å²) < 4.78 is 0. The fourth-order valence-corrected chi connectivity index (χ4v) is 4.09. The van der Waals surface area contributed by atoms with Gasteiger partial charge in [0.1, 0.15) is 0 Å². The molecule has 0 spiro atoms. The zero-order valence-electron chi connectivity index (χ0n) is 14.2. The number of carbonyl (C=O) groups is 2. The average molecular weight is 352 g/mol. The number of ketones is 2. The zero-order chi connectivity index (χ0) is 17.7. The summed E-state index contributed by atoms with van der Waals surface area (Å²) in [5.74, 6) is -0.787. The SMILES string of the molecule is CN(C)CCC1C(=O)c2cccc3c(Cl)c4ccccc4c(c23)C1=O. The molecule has 0 amide bonds. The fourth-order valence-electron chi connectivity index (χ4n) is 3.77. The van der Waals surface area contributed by atoms with Gasteiger partial charge in [0.15, 0.2) is 11.6 Å². The predicted molar refractivity (Wildman–Crippen MR) is 102 cm³/mol. The highest BCUT2D eigenvalue weighted by Crippen LogP contribution is 2.42. The number of benzene rings is 3. The summed E-state index contributed by atoms with van der Waals surface area (Å²) in [5.41, 5.74) is 1.26. The van der Waals surface area contributed by atoms with E-state index in [2.05, 4.69) is 0 Å². The number of fused-ring (bicyclic) bond motifs is 2. The van der Waals surface area contributed by atoms with Crippen molar-refractivity contribution in [1.82, 2.24) is 4.90 Å². The zero-order valence-corrected chi connectivity index (χ0v) is 14.9. The summed E-state index contributed by atoms with van der Waals surface area (Å²) >= 11 is 6.60. The van der Waals surface area contributed by atoms with Gasteiger partial charge < -0.3 is 4.90 Å². The molecule has 1 unspecified atom stereocenters. The fraction of sp³-hybridized carbons (Fsp3) is 0.238. The Bertz CT molecular complexity index is 1040. The maximum atomic E-state index is 13.3. The van der Waals surface area contributed by atoms with Crippen LogP contribution < -0.4 is 0 Å². The van der Waals surface area contributed by atoms with E-state index >= 15 is 0 Å². The first-order valence-electron chi connectivity index (χ1n) is 8.36. The highest BCUT2D eigenvalue weighted by atomic mass is 35.5. The van der Waals surface area contributed by atoms with E-state index in [9.17, 15) is 9.59 Å². The third kappa shape index (κ3) is 2.38. The number of hydrogen-bond donors (Lipinski definition) is 0. The Morgan fingerprint density at radius 1 is 0.920 bits per heavy atom. The summed E-state index contributed by atoms with van der Waals surface area (Å²) in [6, 6.07) is 13.2. The Morgan fingerprint density at radius 2 is 1.60 bits per heavy atom. The Hall–Kier alpha value is -2.23. The minimum absolute atomic E-state index is 0.0802. The molecule has 0 heterocycles. The third-order valence-electron chi connectivity index (χ3n) is 4.99. The van der Waals surface area contributed by atoms with Crippen LogP contribution in [0, 0.1) is 5.92 Å². The van der Waals surface area contributed by atoms with Crippen molar-refractivity contribution in [2.45, 2.75) is 6.42 Å². The van der Waals surface area contributed by atoms with Crippen LogP contribution in [-0.2, 0) is 0 Å². The second-order valence-electron chi connectivity index (χ2n) is 6.84. The van der Waals surface area contributed by atoms with Gasteiger partial charge in [0.25, 0.3) is 0 Å². The van der Waals surface area contributed by atoms with Crippen LogP contribution in [0.25, 0.3) is 21.5 Å². The normalized spacial score (nSPS) is 17.0. The van der Waals surface area contributed by atoms with Gasteiger partial charge in [-0.1, -0.05) is 54.1 Å². The van der Waals surface area contributed by atoms with Gasteiger partial charge in [0.2, 0.25) is 0 Å². The molecule has 0 bridgehead atoms. The summed E-state index contributed by atoms with van der Waals surface area (Å²) in [5, 5.41) is 3.78. The highest BCUT2D eigenvalue weighted by molar-refractivity contribution is 6.45. The van der Waals surface area contributed by atoms with Gasteiger partial charge in [-0.2, -0.15) is 0 Å². The minimum Gasteiger partial charge on any atom is -0.309 e. The second-order valence-corrected chi connectivity index (χ2v) is 7.21.